The van der Waals surface area contributed by atoms with E-state index in [0.717, 1.165) is 24.2 Å². The van der Waals surface area contributed by atoms with Crippen LogP contribution in [-0.2, 0) is 11.2 Å². The minimum Gasteiger partial charge on any atom is -0.349 e. The van der Waals surface area contributed by atoms with Crippen molar-refractivity contribution in [2.75, 3.05) is 0 Å². The Hall–Kier alpha value is -2.10. The lowest BCUT2D eigenvalue weighted by Crippen LogP contribution is -2.36. The van der Waals surface area contributed by atoms with Gasteiger partial charge in [-0.1, -0.05) is 32.0 Å². The van der Waals surface area contributed by atoms with E-state index in [4.69, 9.17) is 5.10 Å². The maximum Gasteiger partial charge on any atom is 0.217 e. The summed E-state index contributed by atoms with van der Waals surface area (Å²) in [6.07, 6.45) is 1.91. The Kier molecular flexibility index (Phi) is 3.55. The molecule has 4 heteroatoms. The summed E-state index contributed by atoms with van der Waals surface area (Å²) in [4.78, 5) is 11.6. The number of hydrogen-bond acceptors (Lipinski definition) is 2. The van der Waals surface area contributed by atoms with E-state index in [-0.39, 0.29) is 17.4 Å². The highest BCUT2D eigenvalue weighted by atomic mass is 16.1. The number of hydrogen-bond donors (Lipinski definition) is 1. The van der Waals surface area contributed by atoms with Crippen LogP contribution in [0.5, 0.6) is 0 Å². The van der Waals surface area contributed by atoms with E-state index in [1.165, 1.54) is 11.3 Å². The summed E-state index contributed by atoms with van der Waals surface area (Å²) < 4.78 is 2.04. The van der Waals surface area contributed by atoms with Crippen LogP contribution in [0.2, 0.25) is 0 Å². The van der Waals surface area contributed by atoms with Gasteiger partial charge in [-0.25, -0.2) is 4.68 Å². The van der Waals surface area contributed by atoms with E-state index in [9.17, 15) is 4.79 Å². The number of fused-ring (bicyclic) bond motifs is 1. The fourth-order valence-electron chi connectivity index (χ4n) is 3.54. The normalized spacial score (nSPS) is 19.5. The topological polar surface area (TPSA) is 46.9 Å². The second-order valence-corrected chi connectivity index (χ2v) is 6.99. The highest BCUT2D eigenvalue weighted by Crippen LogP contribution is 2.42. The number of para-hydroxylation sites is 1. The molecular formula is C18H23N3O. The van der Waals surface area contributed by atoms with Crippen LogP contribution < -0.4 is 5.32 Å². The molecule has 0 fully saturated rings. The number of nitrogens with zero attached hydrogens (tertiary/aromatic N) is 2. The average Bonchev–Trinajstić information content (AvgIpc) is 2.74. The summed E-state index contributed by atoms with van der Waals surface area (Å²) in [5, 5.41) is 7.86. The standard InChI is InChI=1S/C18H23N3O/c1-12-17-15(19-13(2)22)10-18(3,4)11-16(17)21(20-12)14-8-6-5-7-9-14/h5-9,15H,10-11H2,1-4H3,(H,19,22)/t15-/m0/s1. The Labute approximate surface area is 131 Å². The van der Waals surface area contributed by atoms with Crippen molar-refractivity contribution in [3.63, 3.8) is 0 Å². The summed E-state index contributed by atoms with van der Waals surface area (Å²) in [7, 11) is 0. The molecule has 0 spiro atoms. The zero-order chi connectivity index (χ0) is 15.9. The minimum atomic E-state index is 0.0144. The van der Waals surface area contributed by atoms with Crippen LogP contribution in [0.3, 0.4) is 0 Å². The summed E-state index contributed by atoms with van der Waals surface area (Å²) in [6.45, 7) is 8.12. The predicted molar refractivity (Wildman–Crippen MR) is 87.0 cm³/mol. The molecule has 3 rings (SSSR count). The summed E-state index contributed by atoms with van der Waals surface area (Å²) in [5.41, 5.74) is 4.63. The molecule has 116 valence electrons. The summed E-state index contributed by atoms with van der Waals surface area (Å²) in [5.74, 6) is 0.0144. The molecule has 1 amide bonds. The number of aromatic nitrogens is 2. The van der Waals surface area contributed by atoms with Crippen molar-refractivity contribution < 1.29 is 4.79 Å². The smallest absolute Gasteiger partial charge is 0.217 e. The number of amides is 1. The lowest BCUT2D eigenvalue weighted by molar-refractivity contribution is -0.120. The maximum absolute atomic E-state index is 11.6. The van der Waals surface area contributed by atoms with Crippen molar-refractivity contribution in [1.29, 1.82) is 0 Å². The van der Waals surface area contributed by atoms with Gasteiger partial charge < -0.3 is 5.32 Å². The van der Waals surface area contributed by atoms with E-state index < -0.39 is 0 Å². The van der Waals surface area contributed by atoms with Gasteiger partial charge in [-0.3, -0.25) is 4.79 Å². The molecule has 0 unspecified atom stereocenters. The van der Waals surface area contributed by atoms with E-state index in [2.05, 4.69) is 31.3 Å². The molecule has 1 N–H and O–H groups in total. The van der Waals surface area contributed by atoms with Crippen molar-refractivity contribution in [2.24, 2.45) is 5.41 Å². The maximum atomic E-state index is 11.6. The molecule has 1 aromatic carbocycles. The quantitative estimate of drug-likeness (QED) is 0.924. The first kappa shape index (κ1) is 14.8. The van der Waals surface area contributed by atoms with E-state index in [1.807, 2.05) is 29.8 Å². The number of nitrogens with one attached hydrogen (secondary N) is 1. The molecular weight excluding hydrogens is 274 g/mol. The van der Waals surface area contributed by atoms with Gasteiger partial charge in [0.05, 0.1) is 23.1 Å². The predicted octanol–water partition coefficient (Wildman–Crippen LogP) is 3.33. The molecule has 0 saturated carbocycles. The fraction of sp³-hybridized carbons (Fsp3) is 0.444. The monoisotopic (exact) mass is 297 g/mol. The Morgan fingerprint density at radius 3 is 2.64 bits per heavy atom. The van der Waals surface area contributed by atoms with Crippen LogP contribution in [0.15, 0.2) is 30.3 Å². The van der Waals surface area contributed by atoms with Crippen LogP contribution in [0.1, 0.15) is 50.2 Å². The van der Waals surface area contributed by atoms with Gasteiger partial charge >= 0.3 is 0 Å². The molecule has 0 radical (unpaired) electrons. The minimum absolute atomic E-state index is 0.0144. The molecule has 1 aliphatic carbocycles. The molecule has 22 heavy (non-hydrogen) atoms. The molecule has 2 aromatic rings. The van der Waals surface area contributed by atoms with Crippen LogP contribution >= 0.6 is 0 Å². The van der Waals surface area contributed by atoms with Crippen molar-refractivity contribution in [3.8, 4) is 5.69 Å². The molecule has 4 nitrogen and oxygen atoms in total. The zero-order valence-electron chi connectivity index (χ0n) is 13.7. The summed E-state index contributed by atoms with van der Waals surface area (Å²) in [6, 6.07) is 10.3. The first-order chi connectivity index (χ1) is 10.4. The number of aryl methyl sites for hydroxylation is 1. The second-order valence-electron chi connectivity index (χ2n) is 6.99. The SMILES string of the molecule is CC(=O)N[C@H]1CC(C)(C)Cc2c1c(C)nn2-c1ccccc1. The van der Waals surface area contributed by atoms with Crippen LogP contribution in [0, 0.1) is 12.3 Å². The van der Waals surface area contributed by atoms with Crippen LogP contribution in [0.4, 0.5) is 0 Å². The van der Waals surface area contributed by atoms with Gasteiger partial charge in [0.25, 0.3) is 0 Å². The zero-order valence-corrected chi connectivity index (χ0v) is 13.7. The Bertz CT molecular complexity index is 701. The van der Waals surface area contributed by atoms with E-state index >= 15 is 0 Å². The van der Waals surface area contributed by atoms with Gasteiger partial charge in [0, 0.05) is 12.5 Å². The van der Waals surface area contributed by atoms with Gasteiger partial charge in [-0.15, -0.1) is 0 Å². The number of rotatable bonds is 2. The van der Waals surface area contributed by atoms with Gasteiger partial charge in [0.1, 0.15) is 0 Å². The van der Waals surface area contributed by atoms with Gasteiger partial charge in [0.15, 0.2) is 0 Å². The number of carbonyl (C=O) groups is 1. The van der Waals surface area contributed by atoms with Gasteiger partial charge in [0.2, 0.25) is 5.91 Å². The Balaban J connectivity index is 2.13. The average molecular weight is 297 g/mol. The van der Waals surface area contributed by atoms with Crippen LogP contribution in [-0.4, -0.2) is 15.7 Å². The highest BCUT2D eigenvalue weighted by molar-refractivity contribution is 5.73. The van der Waals surface area contributed by atoms with Crippen molar-refractivity contribution >= 4 is 5.91 Å². The fourth-order valence-corrected chi connectivity index (χ4v) is 3.54. The number of benzene rings is 1. The third kappa shape index (κ3) is 2.65. The largest absolute Gasteiger partial charge is 0.349 e. The van der Waals surface area contributed by atoms with Crippen molar-refractivity contribution in [2.45, 2.75) is 46.6 Å². The molecule has 0 bridgehead atoms. The lowest BCUT2D eigenvalue weighted by atomic mass is 9.73. The second kappa shape index (κ2) is 5.27. The number of carbonyl (C=O) groups excluding carboxylic acids is 1. The van der Waals surface area contributed by atoms with Gasteiger partial charge in [-0.05, 0) is 37.3 Å². The third-order valence-electron chi connectivity index (χ3n) is 4.34. The van der Waals surface area contributed by atoms with Crippen molar-refractivity contribution in [3.05, 3.63) is 47.3 Å². The summed E-state index contributed by atoms with van der Waals surface area (Å²) >= 11 is 0. The first-order valence-electron chi connectivity index (χ1n) is 7.78. The third-order valence-corrected chi connectivity index (χ3v) is 4.34. The molecule has 0 saturated heterocycles. The Morgan fingerprint density at radius 1 is 1.32 bits per heavy atom. The van der Waals surface area contributed by atoms with Crippen molar-refractivity contribution in [1.82, 2.24) is 15.1 Å². The molecule has 1 heterocycles. The molecule has 1 aliphatic rings. The first-order valence-corrected chi connectivity index (χ1v) is 7.78. The van der Waals surface area contributed by atoms with E-state index in [0.29, 0.717) is 0 Å². The highest BCUT2D eigenvalue weighted by Gasteiger charge is 2.37. The van der Waals surface area contributed by atoms with E-state index in [1.54, 1.807) is 6.92 Å². The lowest BCUT2D eigenvalue weighted by Gasteiger charge is -2.36. The molecule has 1 aromatic heterocycles. The molecule has 0 aliphatic heterocycles. The van der Waals surface area contributed by atoms with Gasteiger partial charge in [-0.2, -0.15) is 5.10 Å². The van der Waals surface area contributed by atoms with Crippen LogP contribution in [0.25, 0.3) is 5.69 Å². The molecule has 1 atom stereocenters. The Morgan fingerprint density at radius 2 is 2.00 bits per heavy atom.